The predicted octanol–water partition coefficient (Wildman–Crippen LogP) is 3.06. The summed E-state index contributed by atoms with van der Waals surface area (Å²) >= 11 is 0. The highest BCUT2D eigenvalue weighted by Crippen LogP contribution is 2.41. The molecule has 0 saturated heterocycles. The van der Waals surface area contributed by atoms with Crippen LogP contribution in [-0.2, 0) is 34.5 Å². The van der Waals surface area contributed by atoms with Crippen molar-refractivity contribution in [2.45, 2.75) is 20.0 Å². The average molecular weight is 438 g/mol. The molecule has 2 aromatic heterocycles. The molecule has 4 aromatic rings. The van der Waals surface area contributed by atoms with Gasteiger partial charge in [-0.2, -0.15) is 0 Å². The van der Waals surface area contributed by atoms with Gasteiger partial charge in [-0.1, -0.05) is 36.4 Å². The molecule has 6 rings (SSSR count). The Hall–Kier alpha value is -4.13. The fraction of sp³-hybridized carbons (Fsp3) is 0.192. The maximum atomic E-state index is 13.3. The van der Waals surface area contributed by atoms with Gasteiger partial charge in [-0.05, 0) is 12.1 Å². The molecule has 0 atom stereocenters. The molecule has 0 unspecified atom stereocenters. The van der Waals surface area contributed by atoms with Crippen LogP contribution in [0, 0.1) is 0 Å². The van der Waals surface area contributed by atoms with E-state index < -0.39 is 11.8 Å². The van der Waals surface area contributed by atoms with E-state index in [9.17, 15) is 14.4 Å². The minimum atomic E-state index is -0.401. The van der Waals surface area contributed by atoms with Crippen molar-refractivity contribution in [3.8, 4) is 0 Å². The number of aryl methyl sites for hydroxylation is 1. The molecule has 0 bridgehead atoms. The Morgan fingerprint density at radius 3 is 2.30 bits per heavy atom. The normalized spacial score (nSPS) is 16.1. The number of carbonyl (C=O) groups is 3. The topological polar surface area (TPSA) is 76.3 Å². The van der Waals surface area contributed by atoms with Gasteiger partial charge in [0.2, 0.25) is 5.91 Å². The van der Waals surface area contributed by atoms with Gasteiger partial charge < -0.3 is 14.0 Å². The van der Waals surface area contributed by atoms with Crippen molar-refractivity contribution < 1.29 is 14.4 Å². The number of carbonyl (C=O) groups excluding carboxylic acids is 3. The molecule has 33 heavy (non-hydrogen) atoms. The first-order valence-corrected chi connectivity index (χ1v) is 11.0. The summed E-state index contributed by atoms with van der Waals surface area (Å²) in [5.74, 6) is -0.802. The molecule has 7 nitrogen and oxygen atoms in total. The summed E-state index contributed by atoms with van der Waals surface area (Å²) in [6.07, 6.45) is 1.91. The van der Waals surface area contributed by atoms with Crippen molar-refractivity contribution in [2.24, 2.45) is 7.05 Å². The number of fused-ring (bicyclic) bond motifs is 4. The molecule has 1 N–H and O–H groups in total. The largest absolute Gasteiger partial charge is 0.350 e. The molecular formula is C26H22N4O3. The lowest BCUT2D eigenvalue weighted by atomic mass is 9.93. The smallest absolute Gasteiger partial charge is 0.259 e. The second-order valence-electron chi connectivity index (χ2n) is 8.64. The summed E-state index contributed by atoms with van der Waals surface area (Å²) in [6, 6.07) is 15.8. The number of rotatable bonds is 2. The van der Waals surface area contributed by atoms with Crippen molar-refractivity contribution in [3.05, 3.63) is 71.5 Å². The van der Waals surface area contributed by atoms with Gasteiger partial charge in [-0.3, -0.25) is 19.7 Å². The Morgan fingerprint density at radius 2 is 1.55 bits per heavy atom. The number of para-hydroxylation sites is 2. The minimum absolute atomic E-state index is 0.00679. The van der Waals surface area contributed by atoms with E-state index in [1.54, 1.807) is 11.8 Å². The van der Waals surface area contributed by atoms with Crippen LogP contribution in [0.25, 0.3) is 33.0 Å². The van der Waals surface area contributed by atoms with Crippen LogP contribution in [0.4, 0.5) is 0 Å². The summed E-state index contributed by atoms with van der Waals surface area (Å²) in [4.78, 5) is 40.4. The number of nitrogens with zero attached hydrogens (tertiary/aromatic N) is 3. The first-order valence-electron chi connectivity index (χ1n) is 11.0. The van der Waals surface area contributed by atoms with Crippen LogP contribution in [0.3, 0.4) is 0 Å². The third-order valence-electron chi connectivity index (χ3n) is 6.81. The van der Waals surface area contributed by atoms with Crippen molar-refractivity contribution in [3.63, 3.8) is 0 Å². The lowest BCUT2D eigenvalue weighted by molar-refractivity contribution is -0.130. The Bertz CT molecular complexity index is 1550. The van der Waals surface area contributed by atoms with E-state index in [4.69, 9.17) is 0 Å². The molecule has 0 fully saturated rings. The highest BCUT2D eigenvalue weighted by molar-refractivity contribution is 6.51. The third-order valence-corrected chi connectivity index (χ3v) is 6.81. The highest BCUT2D eigenvalue weighted by Gasteiger charge is 2.38. The minimum Gasteiger partial charge on any atom is -0.350 e. The van der Waals surface area contributed by atoms with Gasteiger partial charge in [-0.15, -0.1) is 0 Å². The van der Waals surface area contributed by atoms with Gasteiger partial charge in [0.15, 0.2) is 0 Å². The molecule has 164 valence electrons. The number of hydrogen-bond donors (Lipinski definition) is 1. The molecular weight excluding hydrogens is 416 g/mol. The zero-order valence-corrected chi connectivity index (χ0v) is 18.4. The Balaban J connectivity index is 1.70. The molecule has 0 aliphatic carbocycles. The van der Waals surface area contributed by atoms with Crippen LogP contribution in [0.15, 0.2) is 54.7 Å². The molecule has 2 aliphatic rings. The van der Waals surface area contributed by atoms with Crippen LogP contribution in [-0.4, -0.2) is 38.3 Å². The average Bonchev–Trinajstić information content (AvgIpc) is 3.41. The van der Waals surface area contributed by atoms with E-state index in [0.717, 1.165) is 38.6 Å². The number of aromatic nitrogens is 2. The van der Waals surface area contributed by atoms with E-state index in [2.05, 4.69) is 9.88 Å². The van der Waals surface area contributed by atoms with E-state index in [1.165, 1.54) is 0 Å². The number of benzene rings is 2. The van der Waals surface area contributed by atoms with E-state index in [0.29, 0.717) is 30.8 Å². The molecule has 3 amide bonds. The second kappa shape index (κ2) is 6.93. The first kappa shape index (κ1) is 19.5. The molecule has 7 heteroatoms. The van der Waals surface area contributed by atoms with Gasteiger partial charge in [-0.25, -0.2) is 0 Å². The van der Waals surface area contributed by atoms with Crippen molar-refractivity contribution in [1.82, 2.24) is 19.4 Å². The number of hydrogen-bond acceptors (Lipinski definition) is 3. The highest BCUT2D eigenvalue weighted by atomic mass is 16.2. The third kappa shape index (κ3) is 2.72. The number of nitrogens with one attached hydrogen (secondary N) is 1. The van der Waals surface area contributed by atoms with Crippen LogP contribution in [0.2, 0.25) is 0 Å². The molecule has 0 spiro atoms. The summed E-state index contributed by atoms with van der Waals surface area (Å²) < 4.78 is 4.14. The van der Waals surface area contributed by atoms with Gasteiger partial charge in [0, 0.05) is 71.9 Å². The van der Waals surface area contributed by atoms with Gasteiger partial charge in [0.05, 0.1) is 17.7 Å². The Morgan fingerprint density at radius 1 is 0.879 bits per heavy atom. The van der Waals surface area contributed by atoms with Crippen LogP contribution in [0.5, 0.6) is 0 Å². The molecule has 2 aromatic carbocycles. The number of imide groups is 1. The van der Waals surface area contributed by atoms with E-state index in [1.807, 2.05) is 66.3 Å². The predicted molar refractivity (Wildman–Crippen MR) is 126 cm³/mol. The Kier molecular flexibility index (Phi) is 4.11. The van der Waals surface area contributed by atoms with Crippen molar-refractivity contribution in [1.29, 1.82) is 0 Å². The van der Waals surface area contributed by atoms with Gasteiger partial charge in [0.1, 0.15) is 0 Å². The molecule has 4 heterocycles. The van der Waals surface area contributed by atoms with Crippen molar-refractivity contribution >= 4 is 50.7 Å². The van der Waals surface area contributed by atoms with E-state index >= 15 is 0 Å². The Labute approximate surface area is 189 Å². The monoisotopic (exact) mass is 438 g/mol. The van der Waals surface area contributed by atoms with Gasteiger partial charge in [0.25, 0.3) is 11.8 Å². The van der Waals surface area contributed by atoms with Gasteiger partial charge >= 0.3 is 0 Å². The summed E-state index contributed by atoms with van der Waals surface area (Å²) in [5, 5.41) is 4.36. The second-order valence-corrected chi connectivity index (χ2v) is 8.64. The SMILES string of the molecule is CC(=O)N1CCn2c(c(C3=C(c4cn(C)c5ccccc45)C(=O)NC3=O)c3ccccc32)C1. The summed E-state index contributed by atoms with van der Waals surface area (Å²) in [6.45, 7) is 3.21. The lowest BCUT2D eigenvalue weighted by Gasteiger charge is -2.29. The maximum Gasteiger partial charge on any atom is 0.259 e. The van der Waals surface area contributed by atoms with E-state index in [-0.39, 0.29) is 5.91 Å². The van der Waals surface area contributed by atoms with Crippen LogP contribution >= 0.6 is 0 Å². The van der Waals surface area contributed by atoms with Crippen LogP contribution < -0.4 is 5.32 Å². The fourth-order valence-electron chi connectivity index (χ4n) is 5.30. The molecule has 2 aliphatic heterocycles. The van der Waals surface area contributed by atoms with Crippen LogP contribution in [0.1, 0.15) is 23.7 Å². The zero-order chi connectivity index (χ0) is 22.9. The van der Waals surface area contributed by atoms with Crippen molar-refractivity contribution in [2.75, 3.05) is 6.54 Å². The molecule has 0 saturated carbocycles. The fourth-order valence-corrected chi connectivity index (χ4v) is 5.30. The first-order chi connectivity index (χ1) is 16.0. The molecule has 0 radical (unpaired) electrons. The summed E-state index contributed by atoms with van der Waals surface area (Å²) in [5.41, 5.74) is 5.11. The standard InChI is InChI=1S/C26H22N4O3/c1-15(31)29-11-12-30-20-10-6-4-8-17(20)22(21(30)14-29)24-23(25(32)27-26(24)33)18-13-28(2)19-9-5-3-7-16(18)19/h3-10,13H,11-12,14H2,1-2H3,(H,27,32,33). The zero-order valence-electron chi connectivity index (χ0n) is 18.4. The summed E-state index contributed by atoms with van der Waals surface area (Å²) in [7, 11) is 1.93. The maximum absolute atomic E-state index is 13.3. The quantitative estimate of drug-likeness (QED) is 0.489. The number of amides is 3. The lowest BCUT2D eigenvalue weighted by Crippen LogP contribution is -2.37.